The van der Waals surface area contributed by atoms with Gasteiger partial charge in [-0.05, 0) is 34.7 Å². The summed E-state index contributed by atoms with van der Waals surface area (Å²) in [5, 5.41) is 3.93. The zero-order chi connectivity index (χ0) is 20.8. The predicted molar refractivity (Wildman–Crippen MR) is 125 cm³/mol. The van der Waals surface area contributed by atoms with Gasteiger partial charge in [0.05, 0.1) is 5.54 Å². The van der Waals surface area contributed by atoms with Crippen molar-refractivity contribution in [2.75, 3.05) is 0 Å². The number of hydrogen-bond donors (Lipinski definition) is 2. The summed E-state index contributed by atoms with van der Waals surface area (Å²) in [5.74, 6) is 0. The molecular formula is C28H28N2. The summed E-state index contributed by atoms with van der Waals surface area (Å²) >= 11 is 0. The Kier molecular flexibility index (Phi) is 6.08. The van der Waals surface area contributed by atoms with Gasteiger partial charge in [-0.1, -0.05) is 115 Å². The van der Waals surface area contributed by atoms with Crippen LogP contribution >= 0.6 is 0 Å². The molecule has 2 nitrogen and oxygen atoms in total. The molecule has 30 heavy (non-hydrogen) atoms. The molecule has 0 aliphatic heterocycles. The van der Waals surface area contributed by atoms with Crippen molar-refractivity contribution in [3.8, 4) is 0 Å². The fourth-order valence-corrected chi connectivity index (χ4v) is 4.09. The van der Waals surface area contributed by atoms with Crippen LogP contribution in [0.15, 0.2) is 109 Å². The average Bonchev–Trinajstić information content (AvgIpc) is 2.82. The van der Waals surface area contributed by atoms with E-state index in [2.05, 4.69) is 121 Å². The molecule has 0 bridgehead atoms. The third kappa shape index (κ3) is 4.06. The maximum atomic E-state index is 5.87. The second kappa shape index (κ2) is 9.08. The van der Waals surface area contributed by atoms with E-state index >= 15 is 0 Å². The summed E-state index contributed by atoms with van der Waals surface area (Å²) in [6.07, 6.45) is 0. The molecule has 2 heteroatoms. The highest BCUT2D eigenvalue weighted by Crippen LogP contribution is 2.37. The Morgan fingerprint density at radius 3 is 1.73 bits per heavy atom. The number of aryl methyl sites for hydroxylation is 1. The molecule has 0 atom stereocenters. The number of nitrogens with two attached hydrogens (primary N) is 1. The second-order valence-corrected chi connectivity index (χ2v) is 7.73. The van der Waals surface area contributed by atoms with E-state index in [-0.39, 0.29) is 0 Å². The van der Waals surface area contributed by atoms with Gasteiger partial charge >= 0.3 is 0 Å². The SMILES string of the molecule is Cc1ccc(C(NCc2cccc(CN)c2)(c2ccccc2)c2ccccc2)cc1. The van der Waals surface area contributed by atoms with Crippen molar-refractivity contribution in [2.24, 2.45) is 5.73 Å². The van der Waals surface area contributed by atoms with Crippen molar-refractivity contribution >= 4 is 0 Å². The minimum absolute atomic E-state index is 0.463. The van der Waals surface area contributed by atoms with Crippen LogP contribution < -0.4 is 11.1 Å². The first-order valence-corrected chi connectivity index (χ1v) is 10.4. The van der Waals surface area contributed by atoms with Crippen molar-refractivity contribution in [2.45, 2.75) is 25.6 Å². The molecule has 0 aliphatic rings. The van der Waals surface area contributed by atoms with Gasteiger partial charge < -0.3 is 5.73 Å². The van der Waals surface area contributed by atoms with Gasteiger partial charge in [-0.25, -0.2) is 0 Å². The first-order valence-electron chi connectivity index (χ1n) is 10.4. The Morgan fingerprint density at radius 1 is 0.633 bits per heavy atom. The van der Waals surface area contributed by atoms with Gasteiger partial charge in [0, 0.05) is 13.1 Å². The van der Waals surface area contributed by atoms with E-state index in [1.807, 2.05) is 0 Å². The number of hydrogen-bond acceptors (Lipinski definition) is 2. The lowest BCUT2D eigenvalue weighted by Crippen LogP contribution is -2.44. The van der Waals surface area contributed by atoms with Crippen LogP contribution in [-0.4, -0.2) is 0 Å². The average molecular weight is 393 g/mol. The molecule has 4 aromatic carbocycles. The molecule has 4 rings (SSSR count). The van der Waals surface area contributed by atoms with Gasteiger partial charge in [0.15, 0.2) is 0 Å². The topological polar surface area (TPSA) is 38.0 Å². The number of benzene rings is 4. The Balaban J connectivity index is 1.86. The molecular weight excluding hydrogens is 364 g/mol. The highest BCUT2D eigenvalue weighted by atomic mass is 15.0. The van der Waals surface area contributed by atoms with E-state index in [1.54, 1.807) is 0 Å². The van der Waals surface area contributed by atoms with Crippen LogP contribution in [-0.2, 0) is 18.6 Å². The van der Waals surface area contributed by atoms with Crippen molar-refractivity contribution in [3.63, 3.8) is 0 Å². The minimum atomic E-state index is -0.463. The molecule has 0 aromatic heterocycles. The van der Waals surface area contributed by atoms with Crippen molar-refractivity contribution in [1.82, 2.24) is 5.32 Å². The normalized spacial score (nSPS) is 11.4. The lowest BCUT2D eigenvalue weighted by atomic mass is 9.76. The zero-order valence-electron chi connectivity index (χ0n) is 17.4. The Hall–Kier alpha value is -3.20. The highest BCUT2D eigenvalue weighted by Gasteiger charge is 2.35. The monoisotopic (exact) mass is 392 g/mol. The Bertz CT molecular complexity index is 1030. The van der Waals surface area contributed by atoms with Crippen molar-refractivity contribution in [3.05, 3.63) is 143 Å². The van der Waals surface area contributed by atoms with Gasteiger partial charge in [-0.15, -0.1) is 0 Å². The molecule has 0 amide bonds. The molecule has 0 spiro atoms. The molecule has 0 unspecified atom stereocenters. The molecule has 0 saturated heterocycles. The molecule has 0 radical (unpaired) electrons. The molecule has 150 valence electrons. The zero-order valence-corrected chi connectivity index (χ0v) is 17.4. The fourth-order valence-electron chi connectivity index (χ4n) is 4.09. The first kappa shape index (κ1) is 20.1. The van der Waals surface area contributed by atoms with Gasteiger partial charge in [0.2, 0.25) is 0 Å². The van der Waals surface area contributed by atoms with Crippen molar-refractivity contribution in [1.29, 1.82) is 0 Å². The third-order valence-corrected chi connectivity index (χ3v) is 5.68. The number of rotatable bonds is 7. The van der Waals surface area contributed by atoms with Gasteiger partial charge in [0.1, 0.15) is 0 Å². The Morgan fingerprint density at radius 2 is 1.17 bits per heavy atom. The third-order valence-electron chi connectivity index (χ3n) is 5.68. The maximum Gasteiger partial charge on any atom is 0.0950 e. The standard InChI is InChI=1S/C28H28N2/c1-22-15-17-27(18-16-22)28(25-11-4-2-5-12-25,26-13-6-3-7-14-26)30-21-24-10-8-9-23(19-24)20-29/h2-19,30H,20-21,29H2,1H3. The van der Waals surface area contributed by atoms with Gasteiger partial charge in [-0.3, -0.25) is 5.32 Å². The van der Waals surface area contributed by atoms with Gasteiger partial charge in [-0.2, -0.15) is 0 Å². The van der Waals surface area contributed by atoms with Crippen LogP contribution in [0.2, 0.25) is 0 Å². The summed E-state index contributed by atoms with van der Waals surface area (Å²) in [7, 11) is 0. The van der Waals surface area contributed by atoms with Crippen LogP contribution in [0.5, 0.6) is 0 Å². The van der Waals surface area contributed by atoms with E-state index in [9.17, 15) is 0 Å². The lowest BCUT2D eigenvalue weighted by Gasteiger charge is -2.37. The molecule has 3 N–H and O–H groups in total. The quantitative estimate of drug-likeness (QED) is 0.406. The molecule has 0 heterocycles. The summed E-state index contributed by atoms with van der Waals surface area (Å²) in [5.41, 5.74) is 12.7. The Labute approximate surface area is 179 Å². The van der Waals surface area contributed by atoms with E-state index in [0.717, 1.165) is 12.1 Å². The predicted octanol–water partition coefficient (Wildman–Crippen LogP) is 5.54. The lowest BCUT2D eigenvalue weighted by molar-refractivity contribution is 0.470. The van der Waals surface area contributed by atoms with Crippen LogP contribution in [0, 0.1) is 6.92 Å². The molecule has 0 fully saturated rings. The summed E-state index contributed by atoms with van der Waals surface area (Å²) in [6.45, 7) is 3.40. The maximum absolute atomic E-state index is 5.87. The van der Waals surface area contributed by atoms with Crippen LogP contribution in [0.1, 0.15) is 33.4 Å². The highest BCUT2D eigenvalue weighted by molar-refractivity contribution is 5.50. The first-order chi connectivity index (χ1) is 14.7. The summed E-state index contributed by atoms with van der Waals surface area (Å²) in [6, 6.07) is 38.7. The molecule has 0 aliphatic carbocycles. The van der Waals surface area contributed by atoms with E-state index in [0.29, 0.717) is 6.54 Å². The van der Waals surface area contributed by atoms with E-state index in [1.165, 1.54) is 27.8 Å². The number of nitrogens with one attached hydrogen (secondary N) is 1. The largest absolute Gasteiger partial charge is 0.326 e. The minimum Gasteiger partial charge on any atom is -0.326 e. The molecule has 4 aromatic rings. The van der Waals surface area contributed by atoms with Crippen LogP contribution in [0.4, 0.5) is 0 Å². The van der Waals surface area contributed by atoms with E-state index in [4.69, 9.17) is 5.73 Å². The van der Waals surface area contributed by atoms with Gasteiger partial charge in [0.25, 0.3) is 0 Å². The fraction of sp³-hybridized carbons (Fsp3) is 0.143. The van der Waals surface area contributed by atoms with E-state index < -0.39 is 5.54 Å². The summed E-state index contributed by atoms with van der Waals surface area (Å²) < 4.78 is 0. The van der Waals surface area contributed by atoms with Crippen molar-refractivity contribution < 1.29 is 0 Å². The smallest absolute Gasteiger partial charge is 0.0950 e. The summed E-state index contributed by atoms with van der Waals surface area (Å²) in [4.78, 5) is 0. The molecule has 0 saturated carbocycles. The van der Waals surface area contributed by atoms with Crippen LogP contribution in [0.25, 0.3) is 0 Å². The van der Waals surface area contributed by atoms with Crippen LogP contribution in [0.3, 0.4) is 0 Å². The second-order valence-electron chi connectivity index (χ2n) is 7.73.